The Bertz CT molecular complexity index is 316. The molecule has 4 nitrogen and oxygen atoms in total. The van der Waals surface area contributed by atoms with Gasteiger partial charge in [0.2, 0.25) is 11.8 Å². The van der Waals surface area contributed by atoms with E-state index in [0.717, 1.165) is 6.42 Å². The van der Waals surface area contributed by atoms with Gasteiger partial charge in [-0.15, -0.1) is 0 Å². The molecule has 1 aliphatic rings. The third kappa shape index (κ3) is 4.75. The number of amides is 2. The summed E-state index contributed by atoms with van der Waals surface area (Å²) in [6.07, 6.45) is 1.22. The van der Waals surface area contributed by atoms with E-state index in [1.54, 1.807) is 0 Å². The molecule has 2 amide bonds. The average Bonchev–Trinajstić information content (AvgIpc) is 2.45. The van der Waals surface area contributed by atoms with Crippen molar-refractivity contribution >= 4 is 11.8 Å². The molecule has 0 spiro atoms. The van der Waals surface area contributed by atoms with Crippen LogP contribution in [0, 0.1) is 11.3 Å². The highest BCUT2D eigenvalue weighted by Gasteiger charge is 2.33. The Balaban J connectivity index is 2.52. The Labute approximate surface area is 104 Å². The molecule has 0 unspecified atom stereocenters. The molecule has 98 valence electrons. The summed E-state index contributed by atoms with van der Waals surface area (Å²) in [4.78, 5) is 23.1. The summed E-state index contributed by atoms with van der Waals surface area (Å²) in [5, 5.41) is 5.73. The van der Waals surface area contributed by atoms with Crippen LogP contribution < -0.4 is 10.6 Å². The summed E-state index contributed by atoms with van der Waals surface area (Å²) in [5.74, 6) is -0.252. The Morgan fingerprint density at radius 1 is 1.35 bits per heavy atom. The van der Waals surface area contributed by atoms with Crippen LogP contribution in [0.25, 0.3) is 0 Å². The molecular weight excluding hydrogens is 216 g/mol. The van der Waals surface area contributed by atoms with Crippen LogP contribution in [0.2, 0.25) is 0 Å². The number of carbonyl (C=O) groups is 2. The zero-order valence-corrected chi connectivity index (χ0v) is 11.5. The first-order chi connectivity index (χ1) is 7.59. The minimum absolute atomic E-state index is 0.0161. The Morgan fingerprint density at radius 3 is 2.35 bits per heavy atom. The standard InChI is InChI=1S/C13H24N2O2/c1-12(2,3)8-13(4,5)15-11(17)9-6-10(16)14-7-9/h9H,6-8H2,1-5H3,(H,14,16)(H,15,17)/t9-/m0/s1. The molecule has 0 aromatic heterocycles. The van der Waals surface area contributed by atoms with Crippen molar-refractivity contribution in [2.45, 2.75) is 53.0 Å². The van der Waals surface area contributed by atoms with Crippen LogP contribution in [0.1, 0.15) is 47.5 Å². The van der Waals surface area contributed by atoms with E-state index < -0.39 is 0 Å². The van der Waals surface area contributed by atoms with Gasteiger partial charge in [0.1, 0.15) is 0 Å². The number of rotatable bonds is 3. The minimum Gasteiger partial charge on any atom is -0.355 e. The summed E-state index contributed by atoms with van der Waals surface area (Å²) in [5.41, 5.74) is -0.0680. The monoisotopic (exact) mass is 240 g/mol. The molecule has 0 bridgehead atoms. The fourth-order valence-corrected chi connectivity index (χ4v) is 2.60. The first-order valence-corrected chi connectivity index (χ1v) is 6.18. The first kappa shape index (κ1) is 14.0. The molecule has 1 heterocycles. The molecular formula is C13H24N2O2. The number of hydrogen-bond donors (Lipinski definition) is 2. The van der Waals surface area contributed by atoms with E-state index in [9.17, 15) is 9.59 Å². The van der Waals surface area contributed by atoms with Gasteiger partial charge in [-0.1, -0.05) is 20.8 Å². The molecule has 0 aliphatic carbocycles. The quantitative estimate of drug-likeness (QED) is 0.784. The largest absolute Gasteiger partial charge is 0.355 e. The number of nitrogens with one attached hydrogen (secondary N) is 2. The maximum Gasteiger partial charge on any atom is 0.225 e. The molecule has 1 aliphatic heterocycles. The normalized spacial score (nSPS) is 21.2. The summed E-state index contributed by atoms with van der Waals surface area (Å²) < 4.78 is 0. The van der Waals surface area contributed by atoms with E-state index in [1.165, 1.54) is 0 Å². The SMILES string of the molecule is CC(C)(C)CC(C)(C)NC(=O)[C@@H]1CNC(=O)C1. The highest BCUT2D eigenvalue weighted by Crippen LogP contribution is 2.27. The maximum atomic E-state index is 12.0. The molecule has 1 fully saturated rings. The van der Waals surface area contributed by atoms with E-state index in [0.29, 0.717) is 13.0 Å². The van der Waals surface area contributed by atoms with Crippen LogP contribution in [-0.2, 0) is 9.59 Å². The fraction of sp³-hybridized carbons (Fsp3) is 0.846. The minimum atomic E-state index is -0.235. The molecule has 0 radical (unpaired) electrons. The van der Waals surface area contributed by atoms with Crippen LogP contribution in [0.3, 0.4) is 0 Å². The lowest BCUT2D eigenvalue weighted by atomic mass is 9.81. The van der Waals surface area contributed by atoms with Crippen molar-refractivity contribution in [2.75, 3.05) is 6.54 Å². The van der Waals surface area contributed by atoms with Gasteiger partial charge in [-0.2, -0.15) is 0 Å². The van der Waals surface area contributed by atoms with Crippen molar-refractivity contribution in [1.29, 1.82) is 0 Å². The highest BCUT2D eigenvalue weighted by atomic mass is 16.2. The lowest BCUT2D eigenvalue weighted by Crippen LogP contribution is -2.48. The van der Waals surface area contributed by atoms with Gasteiger partial charge in [-0.25, -0.2) is 0 Å². The predicted molar refractivity (Wildman–Crippen MR) is 67.4 cm³/mol. The van der Waals surface area contributed by atoms with Crippen LogP contribution >= 0.6 is 0 Å². The molecule has 0 aromatic rings. The second-order valence-corrected chi connectivity index (χ2v) is 6.82. The second kappa shape index (κ2) is 4.67. The van der Waals surface area contributed by atoms with E-state index >= 15 is 0 Å². The van der Waals surface area contributed by atoms with Gasteiger partial charge in [0.05, 0.1) is 5.92 Å². The van der Waals surface area contributed by atoms with Crippen LogP contribution in [-0.4, -0.2) is 23.9 Å². The summed E-state index contributed by atoms with van der Waals surface area (Å²) in [6, 6.07) is 0. The number of hydrogen-bond acceptors (Lipinski definition) is 2. The molecule has 0 aromatic carbocycles. The number of carbonyl (C=O) groups excluding carboxylic acids is 2. The lowest BCUT2D eigenvalue weighted by Gasteiger charge is -2.34. The molecule has 4 heteroatoms. The summed E-state index contributed by atoms with van der Waals surface area (Å²) in [6.45, 7) is 11.0. The van der Waals surface area contributed by atoms with E-state index in [4.69, 9.17) is 0 Å². The maximum absolute atomic E-state index is 12.0. The third-order valence-electron chi connectivity index (χ3n) is 2.78. The van der Waals surface area contributed by atoms with E-state index in [1.807, 2.05) is 13.8 Å². The van der Waals surface area contributed by atoms with Gasteiger partial charge in [0, 0.05) is 18.5 Å². The topological polar surface area (TPSA) is 58.2 Å². The zero-order chi connectivity index (χ0) is 13.3. The molecule has 0 saturated carbocycles. The van der Waals surface area contributed by atoms with Crippen molar-refractivity contribution in [3.63, 3.8) is 0 Å². The summed E-state index contributed by atoms with van der Waals surface area (Å²) >= 11 is 0. The van der Waals surface area contributed by atoms with Crippen molar-refractivity contribution in [3.05, 3.63) is 0 Å². The van der Waals surface area contributed by atoms with Crippen molar-refractivity contribution in [2.24, 2.45) is 11.3 Å². The average molecular weight is 240 g/mol. The van der Waals surface area contributed by atoms with Crippen LogP contribution in [0.15, 0.2) is 0 Å². The van der Waals surface area contributed by atoms with Crippen LogP contribution in [0.4, 0.5) is 0 Å². The highest BCUT2D eigenvalue weighted by molar-refractivity contribution is 5.89. The van der Waals surface area contributed by atoms with E-state index in [2.05, 4.69) is 31.4 Å². The molecule has 2 N–H and O–H groups in total. The van der Waals surface area contributed by atoms with Crippen molar-refractivity contribution in [3.8, 4) is 0 Å². The molecule has 1 atom stereocenters. The van der Waals surface area contributed by atoms with Gasteiger partial charge < -0.3 is 10.6 Å². The van der Waals surface area contributed by atoms with Crippen LogP contribution in [0.5, 0.6) is 0 Å². The van der Waals surface area contributed by atoms with Crippen molar-refractivity contribution in [1.82, 2.24) is 10.6 Å². The Kier molecular flexibility index (Phi) is 3.84. The predicted octanol–water partition coefficient (Wildman–Crippen LogP) is 1.45. The van der Waals surface area contributed by atoms with Gasteiger partial charge in [-0.3, -0.25) is 9.59 Å². The lowest BCUT2D eigenvalue weighted by molar-refractivity contribution is -0.128. The summed E-state index contributed by atoms with van der Waals surface area (Å²) in [7, 11) is 0. The third-order valence-corrected chi connectivity index (χ3v) is 2.78. The molecule has 17 heavy (non-hydrogen) atoms. The smallest absolute Gasteiger partial charge is 0.225 e. The second-order valence-electron chi connectivity index (χ2n) is 6.82. The van der Waals surface area contributed by atoms with Gasteiger partial charge in [0.15, 0.2) is 0 Å². The van der Waals surface area contributed by atoms with Crippen molar-refractivity contribution < 1.29 is 9.59 Å². The Hall–Kier alpha value is -1.06. The molecule has 1 rings (SSSR count). The van der Waals surface area contributed by atoms with E-state index in [-0.39, 0.29) is 28.7 Å². The zero-order valence-electron chi connectivity index (χ0n) is 11.5. The van der Waals surface area contributed by atoms with Gasteiger partial charge >= 0.3 is 0 Å². The molecule has 1 saturated heterocycles. The fourth-order valence-electron chi connectivity index (χ4n) is 2.60. The van der Waals surface area contributed by atoms with Gasteiger partial charge in [0.25, 0.3) is 0 Å². The Morgan fingerprint density at radius 2 is 1.94 bits per heavy atom. The first-order valence-electron chi connectivity index (χ1n) is 6.18. The van der Waals surface area contributed by atoms with Gasteiger partial charge in [-0.05, 0) is 25.7 Å².